The molecule has 0 radical (unpaired) electrons. The van der Waals surface area contributed by atoms with E-state index in [1.165, 1.54) is 7.05 Å². The van der Waals surface area contributed by atoms with Gasteiger partial charge in [-0.1, -0.05) is 0 Å². The molecule has 16 heavy (non-hydrogen) atoms. The van der Waals surface area contributed by atoms with Crippen LogP contribution in [-0.4, -0.2) is 43.9 Å². The van der Waals surface area contributed by atoms with Crippen molar-refractivity contribution in [2.75, 3.05) is 20.1 Å². The third-order valence-electron chi connectivity index (χ3n) is 1.76. The Morgan fingerprint density at radius 3 is 2.62 bits per heavy atom. The van der Waals surface area contributed by atoms with Gasteiger partial charge in [0.05, 0.1) is 6.42 Å². The Balaban J connectivity index is 4.08. The monoisotopic (exact) mass is 248 g/mol. The Bertz CT molecular complexity index is 380. The van der Waals surface area contributed by atoms with Crippen molar-refractivity contribution in [2.24, 2.45) is 0 Å². The molecule has 0 heterocycles. The van der Waals surface area contributed by atoms with Crippen LogP contribution in [-0.2, 0) is 15.0 Å². The molecule has 0 amide bonds. The molecule has 0 rings (SSSR count). The summed E-state index contributed by atoms with van der Waals surface area (Å²) in [5.41, 5.74) is 0. The topological polar surface area (TPSA) is 86.7 Å². The Morgan fingerprint density at radius 1 is 1.50 bits per heavy atom. The molecular weight excluding hydrogens is 232 g/mol. The number of carboxylic acid groups (broad SMARTS) is 1. The summed E-state index contributed by atoms with van der Waals surface area (Å²) < 4.78 is 26.3. The Hall–Kier alpha value is -1.10. The first-order valence-corrected chi connectivity index (χ1v) is 6.16. The molecule has 0 atom stereocenters. The summed E-state index contributed by atoms with van der Waals surface area (Å²) in [6.07, 6.45) is 0.217. The molecule has 0 aromatic carbocycles. The van der Waals surface area contributed by atoms with E-state index in [1.54, 1.807) is 6.92 Å². The molecule has 0 aliphatic rings. The maximum Gasteiger partial charge on any atom is 0.304 e. The normalized spacial score (nSPS) is 10.9. The molecule has 0 saturated heterocycles. The number of nitrogens with zero attached hydrogens (tertiary/aromatic N) is 1. The van der Waals surface area contributed by atoms with E-state index in [9.17, 15) is 13.2 Å². The van der Waals surface area contributed by atoms with Crippen molar-refractivity contribution in [3.05, 3.63) is 0 Å². The zero-order valence-corrected chi connectivity index (χ0v) is 10.2. The van der Waals surface area contributed by atoms with Crippen LogP contribution in [0.4, 0.5) is 0 Å². The van der Waals surface area contributed by atoms with E-state index >= 15 is 0 Å². The van der Waals surface area contributed by atoms with Gasteiger partial charge in [-0.15, -0.1) is 11.8 Å². The molecule has 7 heteroatoms. The van der Waals surface area contributed by atoms with Crippen molar-refractivity contribution in [1.82, 2.24) is 9.03 Å². The van der Waals surface area contributed by atoms with Crippen molar-refractivity contribution in [3.63, 3.8) is 0 Å². The van der Waals surface area contributed by atoms with E-state index in [0.29, 0.717) is 6.42 Å². The lowest BCUT2D eigenvalue weighted by atomic mass is 10.4. The number of hydrogen-bond donors (Lipinski definition) is 2. The van der Waals surface area contributed by atoms with Crippen LogP contribution in [0.25, 0.3) is 0 Å². The van der Waals surface area contributed by atoms with Crippen molar-refractivity contribution < 1.29 is 18.3 Å². The van der Waals surface area contributed by atoms with Gasteiger partial charge in [0.15, 0.2) is 0 Å². The fraction of sp³-hybridized carbons (Fsp3) is 0.667. The quantitative estimate of drug-likeness (QED) is 0.476. The fourth-order valence-electron chi connectivity index (χ4n) is 0.851. The minimum absolute atomic E-state index is 0.0515. The maximum absolute atomic E-state index is 11.5. The van der Waals surface area contributed by atoms with Crippen LogP contribution in [0, 0.1) is 11.8 Å². The van der Waals surface area contributed by atoms with Gasteiger partial charge in [-0.3, -0.25) is 4.79 Å². The molecule has 0 saturated carbocycles. The molecule has 0 spiro atoms. The zero-order valence-electron chi connectivity index (χ0n) is 9.36. The minimum Gasteiger partial charge on any atom is -0.481 e. The second-order valence-electron chi connectivity index (χ2n) is 3.04. The number of hydrogen-bond acceptors (Lipinski definition) is 3. The molecule has 2 N–H and O–H groups in total. The fourth-order valence-corrected chi connectivity index (χ4v) is 1.76. The summed E-state index contributed by atoms with van der Waals surface area (Å²) in [6, 6.07) is 0. The summed E-state index contributed by atoms with van der Waals surface area (Å²) in [4.78, 5) is 10.3. The SMILES string of the molecule is CC#CCCNS(=O)(=O)N(C)CCC(=O)O. The van der Waals surface area contributed by atoms with Gasteiger partial charge >= 0.3 is 5.97 Å². The van der Waals surface area contributed by atoms with E-state index in [0.717, 1.165) is 4.31 Å². The Labute approximate surface area is 95.8 Å². The molecular formula is C9H16N2O4S. The third-order valence-corrected chi connectivity index (χ3v) is 3.33. The highest BCUT2D eigenvalue weighted by Crippen LogP contribution is 1.95. The molecule has 0 aliphatic heterocycles. The van der Waals surface area contributed by atoms with E-state index < -0.39 is 16.2 Å². The standard InChI is InChI=1S/C9H16N2O4S/c1-3-4-5-7-10-16(14,15)11(2)8-6-9(12)13/h10H,5-8H2,1-2H3,(H,12,13). The van der Waals surface area contributed by atoms with Gasteiger partial charge in [0.1, 0.15) is 0 Å². The van der Waals surface area contributed by atoms with Gasteiger partial charge < -0.3 is 5.11 Å². The van der Waals surface area contributed by atoms with Crippen LogP contribution >= 0.6 is 0 Å². The lowest BCUT2D eigenvalue weighted by molar-refractivity contribution is -0.137. The van der Waals surface area contributed by atoms with Crippen LogP contribution in [0.3, 0.4) is 0 Å². The maximum atomic E-state index is 11.5. The molecule has 0 fully saturated rings. The predicted molar refractivity (Wildman–Crippen MR) is 59.9 cm³/mol. The van der Waals surface area contributed by atoms with E-state index in [1.807, 2.05) is 0 Å². The zero-order chi connectivity index (χ0) is 12.6. The van der Waals surface area contributed by atoms with Crippen LogP contribution in [0.1, 0.15) is 19.8 Å². The summed E-state index contributed by atoms with van der Waals surface area (Å²) >= 11 is 0. The number of nitrogens with one attached hydrogen (secondary N) is 1. The van der Waals surface area contributed by atoms with Crippen LogP contribution in [0.2, 0.25) is 0 Å². The molecule has 6 nitrogen and oxygen atoms in total. The number of carboxylic acids is 1. The molecule has 0 aromatic heterocycles. The van der Waals surface area contributed by atoms with Gasteiger partial charge in [-0.25, -0.2) is 4.72 Å². The van der Waals surface area contributed by atoms with Crippen molar-refractivity contribution in [2.45, 2.75) is 19.8 Å². The highest BCUT2D eigenvalue weighted by Gasteiger charge is 2.16. The smallest absolute Gasteiger partial charge is 0.304 e. The first-order valence-electron chi connectivity index (χ1n) is 4.72. The number of carbonyl (C=O) groups is 1. The number of rotatable bonds is 7. The predicted octanol–water partition coefficient (Wildman–Crippen LogP) is -0.359. The highest BCUT2D eigenvalue weighted by molar-refractivity contribution is 7.87. The first kappa shape index (κ1) is 14.9. The van der Waals surface area contributed by atoms with Crippen molar-refractivity contribution in [3.8, 4) is 11.8 Å². The average Bonchev–Trinajstić information content (AvgIpc) is 2.20. The molecule has 92 valence electrons. The Morgan fingerprint density at radius 2 is 2.12 bits per heavy atom. The second-order valence-corrected chi connectivity index (χ2v) is 4.90. The largest absolute Gasteiger partial charge is 0.481 e. The van der Waals surface area contributed by atoms with E-state index in [4.69, 9.17) is 5.11 Å². The van der Waals surface area contributed by atoms with Gasteiger partial charge in [-0.05, 0) is 6.92 Å². The first-order chi connectivity index (χ1) is 7.40. The average molecular weight is 248 g/mol. The van der Waals surface area contributed by atoms with Crippen LogP contribution in [0.5, 0.6) is 0 Å². The van der Waals surface area contributed by atoms with Crippen LogP contribution in [0.15, 0.2) is 0 Å². The third kappa shape index (κ3) is 6.40. The van der Waals surface area contributed by atoms with Gasteiger partial charge in [0.25, 0.3) is 10.2 Å². The highest BCUT2D eigenvalue weighted by atomic mass is 32.2. The molecule has 0 bridgehead atoms. The van der Waals surface area contributed by atoms with Gasteiger partial charge in [-0.2, -0.15) is 12.7 Å². The lowest BCUT2D eigenvalue weighted by Crippen LogP contribution is -2.39. The lowest BCUT2D eigenvalue weighted by Gasteiger charge is -2.16. The molecule has 0 aliphatic carbocycles. The summed E-state index contributed by atoms with van der Waals surface area (Å²) in [5.74, 6) is 4.34. The Kier molecular flexibility index (Phi) is 6.72. The van der Waals surface area contributed by atoms with Crippen molar-refractivity contribution >= 4 is 16.2 Å². The van der Waals surface area contributed by atoms with Gasteiger partial charge in [0, 0.05) is 26.6 Å². The summed E-state index contributed by atoms with van der Waals surface area (Å²) in [6.45, 7) is 1.85. The van der Waals surface area contributed by atoms with Crippen molar-refractivity contribution in [1.29, 1.82) is 0 Å². The summed E-state index contributed by atoms with van der Waals surface area (Å²) in [5, 5.41) is 8.41. The summed E-state index contributed by atoms with van der Waals surface area (Å²) in [7, 11) is -2.25. The van der Waals surface area contributed by atoms with Crippen LogP contribution < -0.4 is 4.72 Å². The van der Waals surface area contributed by atoms with Gasteiger partial charge in [0.2, 0.25) is 0 Å². The second kappa shape index (κ2) is 7.22. The molecule has 0 aromatic rings. The van der Waals surface area contributed by atoms with E-state index in [2.05, 4.69) is 16.6 Å². The minimum atomic E-state index is -3.58. The molecule has 0 unspecified atom stereocenters. The van der Waals surface area contributed by atoms with E-state index in [-0.39, 0.29) is 19.5 Å². The number of aliphatic carboxylic acids is 1.